The second kappa shape index (κ2) is 3.81. The molecule has 0 fully saturated rings. The summed E-state index contributed by atoms with van der Waals surface area (Å²) in [5.74, 6) is 0.695. The van der Waals surface area contributed by atoms with Gasteiger partial charge in [-0.05, 0) is 24.3 Å². The average molecular weight is 250 g/mol. The molecule has 6 heteroatoms. The molecule has 0 aliphatic heterocycles. The highest BCUT2D eigenvalue weighted by Crippen LogP contribution is 2.23. The van der Waals surface area contributed by atoms with Crippen LogP contribution < -0.4 is 5.32 Å². The van der Waals surface area contributed by atoms with Crippen molar-refractivity contribution in [1.82, 2.24) is 24.9 Å². The lowest BCUT2D eigenvalue weighted by Gasteiger charge is -2.05. The minimum atomic E-state index is 0.695. The Labute approximate surface area is 107 Å². The van der Waals surface area contributed by atoms with Crippen LogP contribution in [0, 0.1) is 0 Å². The number of anilines is 2. The van der Waals surface area contributed by atoms with Gasteiger partial charge in [-0.1, -0.05) is 0 Å². The van der Waals surface area contributed by atoms with Crippen molar-refractivity contribution in [3.05, 3.63) is 43.1 Å². The highest BCUT2D eigenvalue weighted by Gasteiger charge is 2.06. The third-order valence-electron chi connectivity index (χ3n) is 3.03. The average Bonchev–Trinajstić information content (AvgIpc) is 3.06. The van der Waals surface area contributed by atoms with E-state index in [9.17, 15) is 0 Å². The Morgan fingerprint density at radius 1 is 1.00 bits per heavy atom. The van der Waals surface area contributed by atoms with E-state index in [0.717, 1.165) is 27.8 Å². The smallest absolute Gasteiger partial charge is 0.162 e. The van der Waals surface area contributed by atoms with Crippen LogP contribution in [0.4, 0.5) is 11.5 Å². The number of benzene rings is 1. The summed E-state index contributed by atoms with van der Waals surface area (Å²) in [6, 6.07) is 8.12. The predicted molar refractivity (Wildman–Crippen MR) is 73.3 cm³/mol. The van der Waals surface area contributed by atoms with E-state index in [-0.39, 0.29) is 0 Å². The first-order valence-corrected chi connectivity index (χ1v) is 5.88. The van der Waals surface area contributed by atoms with Crippen LogP contribution in [-0.4, -0.2) is 24.9 Å². The first-order chi connectivity index (χ1) is 9.40. The van der Waals surface area contributed by atoms with Crippen LogP contribution in [0.25, 0.3) is 22.1 Å². The lowest BCUT2D eigenvalue weighted by molar-refractivity contribution is 1.20. The maximum atomic E-state index is 4.23. The zero-order valence-corrected chi connectivity index (χ0v) is 9.88. The van der Waals surface area contributed by atoms with Crippen LogP contribution in [0.5, 0.6) is 0 Å². The third kappa shape index (κ3) is 1.61. The largest absolute Gasteiger partial charge is 0.361 e. The molecule has 4 aromatic rings. The maximum Gasteiger partial charge on any atom is 0.162 e. The zero-order chi connectivity index (χ0) is 12.7. The lowest BCUT2D eigenvalue weighted by atomic mass is 10.2. The van der Waals surface area contributed by atoms with Crippen molar-refractivity contribution in [1.29, 1.82) is 0 Å². The van der Waals surface area contributed by atoms with Crippen LogP contribution in [0.3, 0.4) is 0 Å². The number of H-pyrrole nitrogens is 2. The number of imidazole rings is 1. The van der Waals surface area contributed by atoms with E-state index in [4.69, 9.17) is 0 Å². The third-order valence-corrected chi connectivity index (χ3v) is 3.03. The number of aromatic amines is 2. The van der Waals surface area contributed by atoms with Crippen LogP contribution >= 0.6 is 0 Å². The number of hydrogen-bond donors (Lipinski definition) is 3. The monoisotopic (exact) mass is 250 g/mol. The van der Waals surface area contributed by atoms with Crippen molar-refractivity contribution < 1.29 is 0 Å². The molecular formula is C13H10N6. The van der Waals surface area contributed by atoms with E-state index < -0.39 is 0 Å². The molecule has 0 radical (unpaired) electrons. The van der Waals surface area contributed by atoms with E-state index >= 15 is 0 Å². The number of aromatic nitrogens is 5. The number of nitrogens with one attached hydrogen (secondary N) is 3. The summed E-state index contributed by atoms with van der Waals surface area (Å²) >= 11 is 0. The van der Waals surface area contributed by atoms with Gasteiger partial charge in [0.15, 0.2) is 17.0 Å². The summed E-state index contributed by atoms with van der Waals surface area (Å²) in [7, 11) is 0. The Morgan fingerprint density at radius 2 is 2.00 bits per heavy atom. The van der Waals surface area contributed by atoms with E-state index in [1.165, 1.54) is 6.33 Å². The Bertz CT molecular complexity index is 859. The van der Waals surface area contributed by atoms with Gasteiger partial charge in [0.1, 0.15) is 6.33 Å². The molecular weight excluding hydrogens is 240 g/mol. The van der Waals surface area contributed by atoms with Gasteiger partial charge in [0, 0.05) is 22.8 Å². The van der Waals surface area contributed by atoms with Gasteiger partial charge >= 0.3 is 0 Å². The molecule has 0 spiro atoms. The molecule has 0 unspecified atom stereocenters. The second-order valence-corrected chi connectivity index (χ2v) is 4.23. The second-order valence-electron chi connectivity index (χ2n) is 4.23. The Kier molecular flexibility index (Phi) is 2.02. The van der Waals surface area contributed by atoms with Gasteiger partial charge in [0.2, 0.25) is 0 Å². The first-order valence-electron chi connectivity index (χ1n) is 5.88. The summed E-state index contributed by atoms with van der Waals surface area (Å²) in [4.78, 5) is 18.7. The molecule has 6 nitrogen and oxygen atoms in total. The van der Waals surface area contributed by atoms with Gasteiger partial charge in [-0.2, -0.15) is 0 Å². The number of nitrogens with zero attached hydrogens (tertiary/aromatic N) is 3. The Hall–Kier alpha value is -2.89. The fraction of sp³-hybridized carbons (Fsp3) is 0. The quantitative estimate of drug-likeness (QED) is 0.510. The molecule has 0 bridgehead atoms. The van der Waals surface area contributed by atoms with Crippen molar-refractivity contribution in [2.45, 2.75) is 0 Å². The topological polar surface area (TPSA) is 82.3 Å². The zero-order valence-electron chi connectivity index (χ0n) is 9.88. The van der Waals surface area contributed by atoms with Gasteiger partial charge < -0.3 is 15.3 Å². The summed E-state index contributed by atoms with van der Waals surface area (Å²) in [6.45, 7) is 0. The highest BCUT2D eigenvalue weighted by atomic mass is 15.1. The molecule has 0 aliphatic carbocycles. The van der Waals surface area contributed by atoms with E-state index in [1.807, 2.05) is 24.4 Å². The molecule has 3 aromatic heterocycles. The molecule has 4 rings (SSSR count). The number of rotatable bonds is 2. The summed E-state index contributed by atoms with van der Waals surface area (Å²) in [6.07, 6.45) is 5.04. The molecule has 3 heterocycles. The van der Waals surface area contributed by atoms with Crippen LogP contribution in [-0.2, 0) is 0 Å². The SMILES string of the molecule is c1nc(Nc2ccc3[nH]ccc3c2)c2nc[nH]c2n1. The predicted octanol–water partition coefficient (Wildman–Crippen LogP) is 2.58. The molecule has 92 valence electrons. The summed E-state index contributed by atoms with van der Waals surface area (Å²) < 4.78 is 0. The Balaban J connectivity index is 1.79. The number of fused-ring (bicyclic) bond motifs is 2. The highest BCUT2D eigenvalue weighted by molar-refractivity contribution is 5.88. The standard InChI is InChI=1S/C13H10N6/c1-2-10-8(3-4-14-10)5-9(1)19-13-11-12(16-6-15-11)17-7-18-13/h1-7,14H,(H2,15,16,17,18,19). The van der Waals surface area contributed by atoms with Crippen molar-refractivity contribution in [2.75, 3.05) is 5.32 Å². The lowest BCUT2D eigenvalue weighted by Crippen LogP contribution is -1.95. The van der Waals surface area contributed by atoms with E-state index in [1.54, 1.807) is 6.33 Å². The molecule has 1 aromatic carbocycles. The van der Waals surface area contributed by atoms with Gasteiger partial charge in [0.25, 0.3) is 0 Å². The molecule has 0 saturated carbocycles. The molecule has 0 atom stereocenters. The van der Waals surface area contributed by atoms with Gasteiger partial charge in [0.05, 0.1) is 6.33 Å². The van der Waals surface area contributed by atoms with Crippen LogP contribution in [0.15, 0.2) is 43.1 Å². The number of hydrogen-bond acceptors (Lipinski definition) is 4. The van der Waals surface area contributed by atoms with Crippen molar-refractivity contribution in [3.63, 3.8) is 0 Å². The summed E-state index contributed by atoms with van der Waals surface area (Å²) in [5, 5.41) is 4.42. The maximum absolute atomic E-state index is 4.23. The van der Waals surface area contributed by atoms with Crippen molar-refractivity contribution in [2.24, 2.45) is 0 Å². The van der Waals surface area contributed by atoms with Gasteiger partial charge in [-0.3, -0.25) is 0 Å². The molecule has 0 aliphatic rings. The van der Waals surface area contributed by atoms with Gasteiger partial charge in [-0.25, -0.2) is 15.0 Å². The van der Waals surface area contributed by atoms with Crippen molar-refractivity contribution in [3.8, 4) is 0 Å². The molecule has 19 heavy (non-hydrogen) atoms. The minimum Gasteiger partial charge on any atom is -0.361 e. The van der Waals surface area contributed by atoms with Crippen molar-refractivity contribution >= 4 is 33.6 Å². The van der Waals surface area contributed by atoms with Gasteiger partial charge in [-0.15, -0.1) is 0 Å². The van der Waals surface area contributed by atoms with E-state index in [0.29, 0.717) is 5.82 Å². The summed E-state index contributed by atoms with van der Waals surface area (Å²) in [5.41, 5.74) is 3.53. The molecule has 0 amide bonds. The van der Waals surface area contributed by atoms with Crippen LogP contribution in [0.1, 0.15) is 0 Å². The fourth-order valence-electron chi connectivity index (χ4n) is 2.12. The normalized spacial score (nSPS) is 11.2. The fourth-order valence-corrected chi connectivity index (χ4v) is 2.12. The van der Waals surface area contributed by atoms with Crippen LogP contribution in [0.2, 0.25) is 0 Å². The van der Waals surface area contributed by atoms with E-state index in [2.05, 4.69) is 36.3 Å². The first kappa shape index (κ1) is 10.1. The molecule has 0 saturated heterocycles. The Morgan fingerprint density at radius 3 is 3.00 bits per heavy atom. The minimum absolute atomic E-state index is 0.695. The molecule has 3 N–H and O–H groups in total.